The van der Waals surface area contributed by atoms with Gasteiger partial charge < -0.3 is 4.90 Å². The third kappa shape index (κ3) is 2.61. The zero-order valence-electron chi connectivity index (χ0n) is 16.0. The highest BCUT2D eigenvalue weighted by molar-refractivity contribution is 8.02. The van der Waals surface area contributed by atoms with Crippen LogP contribution in [0.4, 0.5) is 22.1 Å². The van der Waals surface area contributed by atoms with Crippen LogP contribution in [0.25, 0.3) is 20.2 Å². The van der Waals surface area contributed by atoms with Crippen LogP contribution in [0.15, 0.2) is 81.9 Å². The summed E-state index contributed by atoms with van der Waals surface area (Å²) < 4.78 is 4.07. The Morgan fingerprint density at radius 2 is 1.38 bits per heavy atom. The van der Waals surface area contributed by atoms with Crippen molar-refractivity contribution in [1.29, 1.82) is 0 Å². The zero-order chi connectivity index (χ0) is 19.5. The van der Waals surface area contributed by atoms with Gasteiger partial charge in [0.15, 0.2) is 0 Å². The van der Waals surface area contributed by atoms with Gasteiger partial charge in [-0.3, -0.25) is 4.90 Å². The van der Waals surface area contributed by atoms with Gasteiger partial charge in [-0.1, -0.05) is 48.2 Å². The molecule has 0 amide bonds. The van der Waals surface area contributed by atoms with Crippen molar-refractivity contribution in [2.24, 2.45) is 0 Å². The second kappa shape index (κ2) is 6.52. The van der Waals surface area contributed by atoms with Gasteiger partial charge in [0.25, 0.3) is 0 Å². The molecule has 1 aliphatic heterocycles. The summed E-state index contributed by atoms with van der Waals surface area (Å²) in [5.41, 5.74) is 3.76. The van der Waals surface area contributed by atoms with E-state index < -0.39 is 0 Å². The second-order valence-electron chi connectivity index (χ2n) is 7.32. The van der Waals surface area contributed by atoms with E-state index in [1.54, 1.807) is 0 Å². The Morgan fingerprint density at radius 1 is 0.724 bits per heavy atom. The lowest BCUT2D eigenvalue weighted by Gasteiger charge is -2.29. The molecule has 6 rings (SSSR count). The van der Waals surface area contributed by atoms with Gasteiger partial charge in [0.05, 0.1) is 14.8 Å². The first-order valence-electron chi connectivity index (χ1n) is 9.49. The molecule has 1 aliphatic rings. The van der Waals surface area contributed by atoms with Crippen molar-refractivity contribution in [3.63, 3.8) is 0 Å². The summed E-state index contributed by atoms with van der Waals surface area (Å²) in [6.07, 6.45) is 0. The van der Waals surface area contributed by atoms with Crippen molar-refractivity contribution in [3.05, 3.63) is 72.8 Å². The molecule has 5 aromatic rings. The van der Waals surface area contributed by atoms with E-state index >= 15 is 0 Å². The SMILES string of the molecule is CN(C)c1ccc(N2c3sc4ccccc4c3Sc3sc4ccccc4c32)cc1. The average Bonchev–Trinajstić information content (AvgIpc) is 3.30. The molecular weight excluding hydrogens is 412 g/mol. The maximum Gasteiger partial charge on any atom is 0.115 e. The van der Waals surface area contributed by atoms with Crippen LogP contribution in [0.3, 0.4) is 0 Å². The number of thiophene rings is 2. The number of fused-ring (bicyclic) bond motifs is 6. The Morgan fingerprint density at radius 3 is 2.10 bits per heavy atom. The summed E-state index contributed by atoms with van der Waals surface area (Å²) in [4.78, 5) is 6.00. The van der Waals surface area contributed by atoms with Crippen molar-refractivity contribution in [1.82, 2.24) is 0 Å². The molecule has 0 spiro atoms. The maximum absolute atomic E-state index is 2.48. The predicted molar refractivity (Wildman–Crippen MR) is 130 cm³/mol. The predicted octanol–water partition coefficient (Wildman–Crippen LogP) is 8.12. The Labute approximate surface area is 182 Å². The molecule has 0 unspecified atom stereocenters. The first kappa shape index (κ1) is 17.4. The highest BCUT2D eigenvalue weighted by Gasteiger charge is 2.31. The molecule has 0 N–H and O–H groups in total. The van der Waals surface area contributed by atoms with Crippen molar-refractivity contribution >= 4 is 76.7 Å². The fraction of sp³-hybridized carbons (Fsp3) is 0.0833. The summed E-state index contributed by atoms with van der Waals surface area (Å²) >= 11 is 5.72. The lowest BCUT2D eigenvalue weighted by Crippen LogP contribution is -2.13. The number of hydrogen-bond acceptors (Lipinski definition) is 5. The van der Waals surface area contributed by atoms with Crippen LogP contribution < -0.4 is 9.80 Å². The van der Waals surface area contributed by atoms with Crippen LogP contribution in [0.1, 0.15) is 0 Å². The molecule has 3 aromatic carbocycles. The number of anilines is 4. The van der Waals surface area contributed by atoms with Crippen LogP contribution in [0, 0.1) is 0 Å². The molecule has 5 heteroatoms. The summed E-state index contributed by atoms with van der Waals surface area (Å²) in [5, 5.41) is 4.01. The number of rotatable bonds is 2. The lowest BCUT2D eigenvalue weighted by atomic mass is 10.2. The molecule has 3 heterocycles. The van der Waals surface area contributed by atoms with Crippen LogP contribution >= 0.6 is 34.4 Å². The highest BCUT2D eigenvalue weighted by Crippen LogP contribution is 2.61. The monoisotopic (exact) mass is 430 g/mol. The second-order valence-corrected chi connectivity index (χ2v) is 10.7. The number of benzene rings is 3. The van der Waals surface area contributed by atoms with Gasteiger partial charge in [0.2, 0.25) is 0 Å². The first-order chi connectivity index (χ1) is 14.2. The van der Waals surface area contributed by atoms with E-state index in [-0.39, 0.29) is 0 Å². The molecule has 0 atom stereocenters. The van der Waals surface area contributed by atoms with Crippen molar-refractivity contribution in [3.8, 4) is 0 Å². The van der Waals surface area contributed by atoms with Gasteiger partial charge in [0.1, 0.15) is 5.00 Å². The zero-order valence-corrected chi connectivity index (χ0v) is 18.5. The Hall–Kier alpha value is -2.47. The van der Waals surface area contributed by atoms with Crippen LogP contribution in [0.5, 0.6) is 0 Å². The Balaban J connectivity index is 1.64. The van der Waals surface area contributed by atoms with Gasteiger partial charge >= 0.3 is 0 Å². The lowest BCUT2D eigenvalue weighted by molar-refractivity contribution is 1.13. The third-order valence-corrected chi connectivity index (χ3v) is 9.05. The van der Waals surface area contributed by atoms with Gasteiger partial charge in [-0.25, -0.2) is 0 Å². The van der Waals surface area contributed by atoms with E-state index in [4.69, 9.17) is 0 Å². The number of hydrogen-bond donors (Lipinski definition) is 0. The summed E-state index contributed by atoms with van der Waals surface area (Å²) in [6, 6.07) is 26.4. The van der Waals surface area contributed by atoms with E-state index in [0.29, 0.717) is 0 Å². The molecular formula is C24H18N2S3. The summed E-state index contributed by atoms with van der Waals surface area (Å²) in [5.74, 6) is 0. The van der Waals surface area contributed by atoms with Gasteiger partial charge in [-0.15, -0.1) is 22.7 Å². The molecule has 29 heavy (non-hydrogen) atoms. The summed E-state index contributed by atoms with van der Waals surface area (Å²) in [7, 11) is 4.17. The van der Waals surface area contributed by atoms with Crippen LogP contribution in [-0.4, -0.2) is 14.1 Å². The van der Waals surface area contributed by atoms with Crippen LogP contribution in [0.2, 0.25) is 0 Å². The van der Waals surface area contributed by atoms with E-state index in [9.17, 15) is 0 Å². The number of nitrogens with zero attached hydrogens (tertiary/aromatic N) is 2. The van der Waals surface area contributed by atoms with Crippen molar-refractivity contribution in [2.75, 3.05) is 23.9 Å². The average molecular weight is 431 g/mol. The Kier molecular flexibility index (Phi) is 3.91. The van der Waals surface area contributed by atoms with Gasteiger partial charge in [-0.05, 0) is 36.4 Å². The quantitative estimate of drug-likeness (QED) is 0.274. The van der Waals surface area contributed by atoms with Gasteiger partial charge in [-0.2, -0.15) is 0 Å². The minimum atomic E-state index is 1.21. The van der Waals surface area contributed by atoms with Crippen LogP contribution in [-0.2, 0) is 0 Å². The van der Waals surface area contributed by atoms with E-state index in [1.807, 2.05) is 34.4 Å². The first-order valence-corrected chi connectivity index (χ1v) is 11.9. The molecule has 0 radical (unpaired) electrons. The highest BCUT2D eigenvalue weighted by atomic mass is 32.2. The molecule has 0 bridgehead atoms. The molecule has 0 fully saturated rings. The van der Waals surface area contributed by atoms with Crippen molar-refractivity contribution < 1.29 is 0 Å². The standard InChI is InChI=1S/C24H18N2S3/c1-25(2)15-11-13-16(14-12-15)26-21-17-7-3-5-9-19(17)28-24(21)29-22-18-8-4-6-10-20(18)27-23(22)26/h3-14H,1-2H3. The van der Waals surface area contributed by atoms with E-state index in [2.05, 4.69) is 96.7 Å². The topological polar surface area (TPSA) is 6.48 Å². The molecule has 0 saturated heterocycles. The fourth-order valence-corrected chi connectivity index (χ4v) is 7.88. The molecule has 2 aromatic heterocycles. The maximum atomic E-state index is 2.48. The van der Waals surface area contributed by atoms with E-state index in [1.165, 1.54) is 51.3 Å². The molecule has 2 nitrogen and oxygen atoms in total. The Bertz CT molecular complexity index is 1360. The molecule has 0 saturated carbocycles. The largest absolute Gasteiger partial charge is 0.378 e. The van der Waals surface area contributed by atoms with Gasteiger partial charge in [0, 0.05) is 45.6 Å². The van der Waals surface area contributed by atoms with E-state index in [0.717, 1.165) is 0 Å². The van der Waals surface area contributed by atoms with Crippen molar-refractivity contribution in [2.45, 2.75) is 9.10 Å². The third-order valence-electron chi connectivity index (χ3n) is 5.32. The molecule has 142 valence electrons. The fourth-order valence-electron chi connectivity index (χ4n) is 3.89. The molecule has 0 aliphatic carbocycles. The minimum absolute atomic E-state index is 1.21. The summed E-state index contributed by atoms with van der Waals surface area (Å²) in [6.45, 7) is 0. The minimum Gasteiger partial charge on any atom is -0.378 e. The smallest absolute Gasteiger partial charge is 0.115 e. The normalized spacial score (nSPS) is 13.0.